The minimum atomic E-state index is -0.00869. The summed E-state index contributed by atoms with van der Waals surface area (Å²) in [7, 11) is 4.17. The first-order valence-electron chi connectivity index (χ1n) is 5.56. The van der Waals surface area contributed by atoms with Crippen molar-refractivity contribution in [3.63, 3.8) is 0 Å². The molecule has 0 aromatic rings. The molecule has 0 bridgehead atoms. The van der Waals surface area contributed by atoms with Gasteiger partial charge >= 0.3 is 0 Å². The van der Waals surface area contributed by atoms with Crippen LogP contribution in [0.1, 0.15) is 20.3 Å². The second kappa shape index (κ2) is 5.30. The lowest BCUT2D eigenvalue weighted by Gasteiger charge is -2.23. The van der Waals surface area contributed by atoms with Crippen molar-refractivity contribution in [3.8, 4) is 0 Å². The summed E-state index contributed by atoms with van der Waals surface area (Å²) < 4.78 is 0. The van der Waals surface area contributed by atoms with Crippen LogP contribution in [-0.2, 0) is 4.79 Å². The van der Waals surface area contributed by atoms with Gasteiger partial charge in [-0.25, -0.2) is 0 Å². The molecule has 0 spiro atoms. The topological polar surface area (TPSA) is 23.6 Å². The number of hydrogen-bond donors (Lipinski definition) is 0. The predicted octanol–water partition coefficient (Wildman–Crippen LogP) is 1.57. The van der Waals surface area contributed by atoms with Crippen LogP contribution in [-0.4, -0.2) is 53.8 Å². The van der Waals surface area contributed by atoms with E-state index in [0.29, 0.717) is 12.0 Å². The van der Waals surface area contributed by atoms with Crippen molar-refractivity contribution in [2.75, 3.05) is 27.2 Å². The molecule has 88 valence electrons. The first-order valence-corrected chi connectivity index (χ1v) is 6.48. The van der Waals surface area contributed by atoms with E-state index in [9.17, 15) is 4.79 Å². The number of likely N-dealkylation sites (tertiary alicyclic amines) is 1. The fraction of sp³-hybridized carbons (Fsp3) is 0.909. The molecule has 1 rings (SSSR count). The average Bonchev–Trinajstić information content (AvgIpc) is 2.58. The second-order valence-corrected chi connectivity index (χ2v) is 5.73. The van der Waals surface area contributed by atoms with Crippen molar-refractivity contribution in [3.05, 3.63) is 0 Å². The van der Waals surface area contributed by atoms with Crippen molar-refractivity contribution in [2.45, 2.75) is 31.1 Å². The lowest BCUT2D eigenvalue weighted by atomic mass is 10.1. The first-order chi connectivity index (χ1) is 6.97. The zero-order chi connectivity index (χ0) is 11.6. The van der Waals surface area contributed by atoms with Gasteiger partial charge in [0.15, 0.2) is 0 Å². The normalized spacial score (nSPS) is 28.5. The summed E-state index contributed by atoms with van der Waals surface area (Å²) in [5, 5.41) is 0. The van der Waals surface area contributed by atoms with E-state index < -0.39 is 0 Å². The van der Waals surface area contributed by atoms with E-state index in [4.69, 9.17) is 0 Å². The molecular formula is C11H21BrN2O. The summed E-state index contributed by atoms with van der Waals surface area (Å²) >= 11 is 3.42. The summed E-state index contributed by atoms with van der Waals surface area (Å²) in [6.45, 7) is 6.01. The lowest BCUT2D eigenvalue weighted by Crippen LogP contribution is -2.38. The molecule has 0 radical (unpaired) electrons. The number of alkyl halides is 1. The van der Waals surface area contributed by atoms with E-state index in [1.807, 2.05) is 11.8 Å². The molecule has 0 saturated carbocycles. The monoisotopic (exact) mass is 276 g/mol. The fourth-order valence-electron chi connectivity index (χ4n) is 2.17. The predicted molar refractivity (Wildman–Crippen MR) is 66.2 cm³/mol. The molecule has 0 aromatic carbocycles. The summed E-state index contributed by atoms with van der Waals surface area (Å²) in [5.41, 5.74) is 0. The Hall–Kier alpha value is -0.0900. The molecule has 1 amide bonds. The average molecular weight is 277 g/mol. The quantitative estimate of drug-likeness (QED) is 0.731. The molecule has 1 saturated heterocycles. The highest BCUT2D eigenvalue weighted by Gasteiger charge is 2.34. The van der Waals surface area contributed by atoms with Crippen LogP contribution >= 0.6 is 15.9 Å². The van der Waals surface area contributed by atoms with Crippen LogP contribution in [0.15, 0.2) is 0 Å². The minimum absolute atomic E-state index is 0.00869. The van der Waals surface area contributed by atoms with Gasteiger partial charge in [0.25, 0.3) is 0 Å². The minimum Gasteiger partial charge on any atom is -0.340 e. The molecule has 3 nitrogen and oxygen atoms in total. The van der Waals surface area contributed by atoms with E-state index in [1.54, 1.807) is 0 Å². The molecule has 4 heteroatoms. The Bertz CT molecular complexity index is 233. The largest absolute Gasteiger partial charge is 0.340 e. The number of carbonyl (C=O) groups excluding carboxylic acids is 1. The van der Waals surface area contributed by atoms with Gasteiger partial charge in [0.05, 0.1) is 4.83 Å². The molecule has 1 aliphatic rings. The smallest absolute Gasteiger partial charge is 0.236 e. The molecular weight excluding hydrogens is 256 g/mol. The number of nitrogens with zero attached hydrogens (tertiary/aromatic N) is 2. The molecule has 15 heavy (non-hydrogen) atoms. The highest BCUT2D eigenvalue weighted by molar-refractivity contribution is 9.10. The zero-order valence-electron chi connectivity index (χ0n) is 10.0. The van der Waals surface area contributed by atoms with Gasteiger partial charge in [0.2, 0.25) is 5.91 Å². The number of amides is 1. The van der Waals surface area contributed by atoms with Crippen molar-refractivity contribution < 1.29 is 4.79 Å². The van der Waals surface area contributed by atoms with Crippen molar-refractivity contribution in [1.29, 1.82) is 0 Å². The van der Waals surface area contributed by atoms with Gasteiger partial charge in [-0.15, -0.1) is 0 Å². The second-order valence-electron chi connectivity index (χ2n) is 4.63. The zero-order valence-corrected chi connectivity index (χ0v) is 11.6. The molecule has 0 N–H and O–H groups in total. The van der Waals surface area contributed by atoms with E-state index in [1.165, 1.54) is 0 Å². The molecule has 1 aliphatic heterocycles. The van der Waals surface area contributed by atoms with E-state index in [-0.39, 0.29) is 10.7 Å². The third-order valence-electron chi connectivity index (χ3n) is 3.17. The van der Waals surface area contributed by atoms with Gasteiger partial charge in [0.1, 0.15) is 0 Å². The molecule has 1 heterocycles. The van der Waals surface area contributed by atoms with Crippen LogP contribution in [0.3, 0.4) is 0 Å². The highest BCUT2D eigenvalue weighted by Crippen LogP contribution is 2.22. The maximum atomic E-state index is 12.0. The standard InChI is InChI=1S/C11H21BrN2O/c1-5-9(12)11(15)14-6-8(2)10(7-14)13(3)4/h8-10H,5-7H2,1-4H3. The Balaban J connectivity index is 2.58. The SMILES string of the molecule is CCC(Br)C(=O)N1CC(C)C(N(C)C)C1. The van der Waals surface area contributed by atoms with Crippen LogP contribution in [0.25, 0.3) is 0 Å². The van der Waals surface area contributed by atoms with Crippen LogP contribution < -0.4 is 0 Å². The molecule has 3 unspecified atom stereocenters. The number of rotatable bonds is 3. The fourth-order valence-corrected chi connectivity index (χ4v) is 2.46. The van der Waals surface area contributed by atoms with Gasteiger partial charge in [-0.3, -0.25) is 4.79 Å². The summed E-state index contributed by atoms with van der Waals surface area (Å²) in [6.07, 6.45) is 0.857. The summed E-state index contributed by atoms with van der Waals surface area (Å²) in [5.74, 6) is 0.814. The van der Waals surface area contributed by atoms with E-state index >= 15 is 0 Å². The maximum absolute atomic E-state index is 12.0. The Kier molecular flexibility index (Phi) is 4.59. The van der Waals surface area contributed by atoms with Gasteiger partial charge in [-0.05, 0) is 26.4 Å². The molecule has 0 aromatic heterocycles. The molecule has 3 atom stereocenters. The van der Waals surface area contributed by atoms with Crippen molar-refractivity contribution in [2.24, 2.45) is 5.92 Å². The van der Waals surface area contributed by atoms with Crippen LogP contribution in [0.5, 0.6) is 0 Å². The Morgan fingerprint density at radius 1 is 1.53 bits per heavy atom. The Morgan fingerprint density at radius 2 is 2.13 bits per heavy atom. The number of carbonyl (C=O) groups is 1. The Morgan fingerprint density at radius 3 is 2.53 bits per heavy atom. The van der Waals surface area contributed by atoms with Crippen molar-refractivity contribution >= 4 is 21.8 Å². The van der Waals surface area contributed by atoms with Crippen LogP contribution in [0.4, 0.5) is 0 Å². The molecule has 1 fully saturated rings. The highest BCUT2D eigenvalue weighted by atomic mass is 79.9. The van der Waals surface area contributed by atoms with Gasteiger partial charge in [-0.2, -0.15) is 0 Å². The van der Waals surface area contributed by atoms with E-state index in [0.717, 1.165) is 19.5 Å². The third kappa shape index (κ3) is 2.94. The third-order valence-corrected chi connectivity index (χ3v) is 4.21. The number of likely N-dealkylation sites (N-methyl/N-ethyl adjacent to an activating group) is 1. The van der Waals surface area contributed by atoms with Crippen LogP contribution in [0, 0.1) is 5.92 Å². The van der Waals surface area contributed by atoms with Crippen LogP contribution in [0.2, 0.25) is 0 Å². The van der Waals surface area contributed by atoms with E-state index in [2.05, 4.69) is 41.8 Å². The van der Waals surface area contributed by atoms with Gasteiger partial charge < -0.3 is 9.80 Å². The van der Waals surface area contributed by atoms with Gasteiger partial charge in [-0.1, -0.05) is 29.8 Å². The molecule has 0 aliphatic carbocycles. The summed E-state index contributed by atoms with van der Waals surface area (Å²) in [6, 6.07) is 0.505. The van der Waals surface area contributed by atoms with Gasteiger partial charge in [0, 0.05) is 19.1 Å². The number of halogens is 1. The van der Waals surface area contributed by atoms with Crippen molar-refractivity contribution in [1.82, 2.24) is 9.80 Å². The summed E-state index contributed by atoms with van der Waals surface area (Å²) in [4.78, 5) is 16.1. The first kappa shape index (κ1) is 13.0. The number of hydrogen-bond acceptors (Lipinski definition) is 2. The Labute approximate surface area is 101 Å². The lowest BCUT2D eigenvalue weighted by molar-refractivity contribution is -0.129. The maximum Gasteiger partial charge on any atom is 0.236 e.